The summed E-state index contributed by atoms with van der Waals surface area (Å²) in [7, 11) is 0. The highest BCUT2D eigenvalue weighted by molar-refractivity contribution is 6.35. The third-order valence-corrected chi connectivity index (χ3v) is 11.4. The molecule has 1 aliphatic carbocycles. The number of nitriles is 1. The fourth-order valence-corrected chi connectivity index (χ4v) is 8.23. The lowest BCUT2D eigenvalue weighted by Gasteiger charge is -2.28. The Morgan fingerprint density at radius 2 is 1.79 bits per heavy atom. The van der Waals surface area contributed by atoms with E-state index in [-0.39, 0.29) is 24.7 Å². The lowest BCUT2D eigenvalue weighted by molar-refractivity contribution is -0.122. The van der Waals surface area contributed by atoms with E-state index in [2.05, 4.69) is 38.6 Å². The predicted octanol–water partition coefficient (Wildman–Crippen LogP) is 9.30. The number of ether oxygens (including phenoxy) is 3. The van der Waals surface area contributed by atoms with Crippen LogP contribution in [0, 0.1) is 17.9 Å². The molecule has 9 nitrogen and oxygen atoms in total. The molecule has 2 fully saturated rings. The second-order valence-electron chi connectivity index (χ2n) is 14.6. The number of fused-ring (bicyclic) bond motifs is 1. The number of hydrogen-bond acceptors (Lipinski definition) is 7. The van der Waals surface area contributed by atoms with Gasteiger partial charge in [0.25, 0.3) is 0 Å². The number of halogens is 3. The summed E-state index contributed by atoms with van der Waals surface area (Å²) in [5.41, 5.74) is 6.42. The second-order valence-corrected chi connectivity index (χ2v) is 15.4. The van der Waals surface area contributed by atoms with E-state index in [1.54, 1.807) is 18.2 Å². The van der Waals surface area contributed by atoms with Gasteiger partial charge >= 0.3 is 0 Å². The Labute approximate surface area is 337 Å². The molecule has 0 spiro atoms. The maximum Gasteiger partial charge on any atom is 0.220 e. The Morgan fingerprint density at radius 3 is 2.57 bits per heavy atom. The summed E-state index contributed by atoms with van der Waals surface area (Å²) in [6.45, 7) is 11.5. The summed E-state index contributed by atoms with van der Waals surface area (Å²) in [5.74, 6) is 1.73. The first-order chi connectivity index (χ1) is 27.3. The fraction of sp³-hybridized carbons (Fsp3) is 0.386. The average Bonchev–Trinajstić information content (AvgIpc) is 3.63. The Balaban J connectivity index is 1.07. The van der Waals surface area contributed by atoms with Gasteiger partial charge in [0.1, 0.15) is 36.1 Å². The zero-order chi connectivity index (χ0) is 39.0. The summed E-state index contributed by atoms with van der Waals surface area (Å²) in [4.78, 5) is 17.5. The number of nitrogens with one attached hydrogen (secondary N) is 2. The van der Waals surface area contributed by atoms with E-state index < -0.39 is 6.17 Å². The van der Waals surface area contributed by atoms with E-state index in [9.17, 15) is 14.4 Å². The molecule has 2 atom stereocenters. The molecule has 7 rings (SSSR count). The van der Waals surface area contributed by atoms with E-state index in [4.69, 9.17) is 44.0 Å². The van der Waals surface area contributed by atoms with Gasteiger partial charge in [0.05, 0.1) is 29.3 Å². The number of carbonyl (C=O) groups excluding carboxylic acids is 1. The second kappa shape index (κ2) is 18.4. The normalized spacial score (nSPS) is 18.4. The predicted molar refractivity (Wildman–Crippen MR) is 215 cm³/mol. The number of piperidine rings is 2. The van der Waals surface area contributed by atoms with Crippen LogP contribution in [0.4, 0.5) is 10.1 Å². The van der Waals surface area contributed by atoms with Gasteiger partial charge in [-0.15, -0.1) is 0 Å². The van der Waals surface area contributed by atoms with Crippen LogP contribution < -0.4 is 24.8 Å². The van der Waals surface area contributed by atoms with Gasteiger partial charge in [-0.05, 0) is 91.1 Å². The van der Waals surface area contributed by atoms with Crippen LogP contribution in [0.3, 0.4) is 0 Å². The molecule has 2 N–H and O–H groups in total. The summed E-state index contributed by atoms with van der Waals surface area (Å²) in [6.07, 6.45) is 3.81. The number of nitrogens with zero attached hydrogens (tertiary/aromatic N) is 3. The Bertz CT molecular complexity index is 2100. The summed E-state index contributed by atoms with van der Waals surface area (Å²) in [5, 5.41) is 16.9. The molecular weight excluding hydrogens is 752 g/mol. The molecule has 0 unspecified atom stereocenters. The van der Waals surface area contributed by atoms with Crippen LogP contribution in [0.5, 0.6) is 17.2 Å². The van der Waals surface area contributed by atoms with Crippen LogP contribution in [0.25, 0.3) is 16.0 Å². The lowest BCUT2D eigenvalue weighted by Crippen LogP contribution is -2.45. The van der Waals surface area contributed by atoms with E-state index in [1.807, 2.05) is 36.4 Å². The van der Waals surface area contributed by atoms with Crippen LogP contribution in [0.15, 0.2) is 66.7 Å². The van der Waals surface area contributed by atoms with Crippen LogP contribution in [0.1, 0.15) is 72.4 Å². The van der Waals surface area contributed by atoms with E-state index in [1.165, 1.54) is 0 Å². The molecule has 0 saturated carbocycles. The number of rotatable bonds is 14. The number of benzene rings is 4. The molecule has 2 heterocycles. The minimum absolute atomic E-state index is 0.0519. The smallest absolute Gasteiger partial charge is 0.220 e. The van der Waals surface area contributed by atoms with Crippen molar-refractivity contribution in [1.29, 1.82) is 5.26 Å². The number of alkyl halides is 1. The average molecular weight is 797 g/mol. The molecular formula is C44H44Cl2FN5O4. The van der Waals surface area contributed by atoms with Crippen molar-refractivity contribution in [2.24, 2.45) is 0 Å². The molecule has 2 aliphatic heterocycles. The number of hydrogen-bond donors (Lipinski definition) is 2. The monoisotopic (exact) mass is 795 g/mol. The molecule has 56 heavy (non-hydrogen) atoms. The van der Waals surface area contributed by atoms with Crippen molar-refractivity contribution in [3.8, 4) is 34.4 Å². The van der Waals surface area contributed by atoms with Crippen molar-refractivity contribution in [2.45, 2.75) is 76.4 Å². The largest absolute Gasteiger partial charge is 0.492 e. The third kappa shape index (κ3) is 9.57. The van der Waals surface area contributed by atoms with Gasteiger partial charge in [-0.3, -0.25) is 4.79 Å². The molecule has 3 aliphatic rings. The van der Waals surface area contributed by atoms with Crippen molar-refractivity contribution >= 4 is 34.8 Å². The molecule has 0 radical (unpaired) electrons. The first-order valence-corrected chi connectivity index (χ1v) is 20.0. The zero-order valence-corrected chi connectivity index (χ0v) is 32.6. The molecule has 4 aromatic rings. The van der Waals surface area contributed by atoms with Crippen molar-refractivity contribution in [3.05, 3.63) is 116 Å². The molecule has 0 bridgehead atoms. The van der Waals surface area contributed by atoms with Crippen molar-refractivity contribution < 1.29 is 23.4 Å². The maximum atomic E-state index is 13.5. The topological polar surface area (TPSA) is 100 Å². The Morgan fingerprint density at radius 1 is 0.964 bits per heavy atom. The number of amides is 1. The van der Waals surface area contributed by atoms with Crippen LogP contribution in [-0.4, -0.2) is 55.8 Å². The van der Waals surface area contributed by atoms with E-state index in [0.717, 1.165) is 73.1 Å². The maximum absolute atomic E-state index is 13.5. The summed E-state index contributed by atoms with van der Waals surface area (Å²) < 4.78 is 32.7. The van der Waals surface area contributed by atoms with Gasteiger partial charge in [0.15, 0.2) is 5.69 Å². The fourth-order valence-electron chi connectivity index (χ4n) is 7.72. The highest BCUT2D eigenvalue weighted by atomic mass is 35.5. The van der Waals surface area contributed by atoms with Crippen molar-refractivity contribution in [1.82, 2.24) is 15.5 Å². The SMILES string of the molecule is [C-]#[N+]c1cc(C#N)cc(COc2cc(O[C@H]3CCc4c(-c5cccc(OCCCN6CCC(F)CC6)c5Cl)cccc43)c(Cl)cc2CN[C@H]2CCC(=O)NC2)c1. The zero-order valence-electron chi connectivity index (χ0n) is 31.1. The van der Waals surface area contributed by atoms with Gasteiger partial charge in [0, 0.05) is 67.9 Å². The molecule has 1 amide bonds. The number of likely N-dealkylation sites (tertiary alicyclic amines) is 1. The molecule has 290 valence electrons. The quantitative estimate of drug-likeness (QED) is 0.0970. The third-order valence-electron chi connectivity index (χ3n) is 10.7. The first kappa shape index (κ1) is 39.4. The van der Waals surface area contributed by atoms with Gasteiger partial charge < -0.3 is 29.7 Å². The Hall–Kier alpha value is -4.84. The number of carbonyl (C=O) groups is 1. The standard InChI is InChI=1S/C44H44Cl2FN5O4/c1-49-33-20-28(24-48)19-29(21-33)27-55-41-23-42(38(45)22-30(41)25-50-32-9-12-43(53)51-26-32)56-39-11-10-35-34(5-2-6-36(35)39)37-7-3-8-40(44(37)46)54-18-4-15-52-16-13-31(47)14-17-52/h2-3,5-8,19-23,31-32,39,50H,4,9-18,25-27H2,(H,51,53)/t32-,39-/m0/s1. The van der Waals surface area contributed by atoms with Gasteiger partial charge in [0.2, 0.25) is 5.91 Å². The van der Waals surface area contributed by atoms with Gasteiger partial charge in [-0.1, -0.05) is 53.5 Å². The van der Waals surface area contributed by atoms with E-state index >= 15 is 0 Å². The van der Waals surface area contributed by atoms with Crippen LogP contribution in [-0.2, 0) is 24.4 Å². The van der Waals surface area contributed by atoms with Gasteiger partial charge in [-0.2, -0.15) is 5.26 Å². The van der Waals surface area contributed by atoms with Crippen molar-refractivity contribution in [2.75, 3.05) is 32.8 Å². The van der Waals surface area contributed by atoms with Gasteiger partial charge in [-0.25, -0.2) is 9.24 Å². The molecule has 4 aromatic carbocycles. The molecule has 12 heteroatoms. The summed E-state index contributed by atoms with van der Waals surface area (Å²) >= 11 is 13.9. The van der Waals surface area contributed by atoms with Crippen molar-refractivity contribution in [3.63, 3.8) is 0 Å². The highest BCUT2D eigenvalue weighted by Gasteiger charge is 2.29. The minimum Gasteiger partial charge on any atom is -0.492 e. The minimum atomic E-state index is -0.678. The first-order valence-electron chi connectivity index (χ1n) is 19.2. The molecule has 2 saturated heterocycles. The lowest BCUT2D eigenvalue weighted by atomic mass is 9.96. The molecule has 0 aromatic heterocycles. The van der Waals surface area contributed by atoms with Crippen LogP contribution >= 0.6 is 23.2 Å². The Kier molecular flexibility index (Phi) is 12.9. The highest BCUT2D eigenvalue weighted by Crippen LogP contribution is 2.45. The summed E-state index contributed by atoms with van der Waals surface area (Å²) in [6, 6.07) is 22.9. The van der Waals surface area contributed by atoms with E-state index in [0.29, 0.717) is 83.1 Å². The van der Waals surface area contributed by atoms with Crippen LogP contribution in [0.2, 0.25) is 10.0 Å².